The molecule has 0 N–H and O–H groups in total. The number of para-hydroxylation sites is 1. The number of rotatable bonds is 6. The number of carbonyl (C=O) groups is 1. The van der Waals surface area contributed by atoms with E-state index in [0.29, 0.717) is 34.9 Å². The van der Waals surface area contributed by atoms with E-state index in [4.69, 9.17) is 18.9 Å². The van der Waals surface area contributed by atoms with E-state index in [1.165, 1.54) is 0 Å². The van der Waals surface area contributed by atoms with Crippen molar-refractivity contribution in [3.05, 3.63) is 88.9 Å². The molecule has 1 aromatic heterocycles. The maximum atomic E-state index is 13.0. The average Bonchev–Trinajstić information content (AvgIpc) is 2.81. The smallest absolute Gasteiger partial charge is 0.228 e. The lowest BCUT2D eigenvalue weighted by Crippen LogP contribution is -3.00. The molecule has 0 aliphatic carbocycles. The van der Waals surface area contributed by atoms with E-state index in [1.807, 2.05) is 48.8 Å². The lowest BCUT2D eigenvalue weighted by Gasteiger charge is -2.22. The molecule has 0 bridgehead atoms. The fraction of sp³-hybridized carbons (Fsp3) is 0.200. The van der Waals surface area contributed by atoms with Gasteiger partial charge in [-0.25, -0.2) is 4.57 Å². The van der Waals surface area contributed by atoms with Crippen LogP contribution in [0.25, 0.3) is 6.08 Å². The minimum atomic E-state index is -0.173. The van der Waals surface area contributed by atoms with Gasteiger partial charge in [0.1, 0.15) is 12.4 Å². The zero-order valence-electron chi connectivity index (χ0n) is 18.1. The molecule has 2 heterocycles. The molecule has 166 valence electrons. The second-order valence-corrected chi connectivity index (χ2v) is 7.07. The summed E-state index contributed by atoms with van der Waals surface area (Å²) in [6.07, 6.45) is 5.69. The molecule has 4 rings (SSSR count). The van der Waals surface area contributed by atoms with Crippen molar-refractivity contribution in [1.29, 1.82) is 0 Å². The molecule has 3 aromatic rings. The molecular weight excluding hydrogens is 474 g/mol. The molecule has 0 saturated heterocycles. The van der Waals surface area contributed by atoms with Gasteiger partial charge in [0.2, 0.25) is 5.78 Å². The summed E-state index contributed by atoms with van der Waals surface area (Å²) in [5.41, 5.74) is 3.24. The SMILES string of the molecule is COc1ccccc1C[n+]1ccc(/C=C2\OCc3c(ccc(OC)c3OC)C2=O)cc1.[Br-]. The fourth-order valence-electron chi connectivity index (χ4n) is 3.65. The summed E-state index contributed by atoms with van der Waals surface area (Å²) in [4.78, 5) is 13.0. The van der Waals surface area contributed by atoms with Gasteiger partial charge in [-0.1, -0.05) is 12.1 Å². The highest BCUT2D eigenvalue weighted by atomic mass is 79.9. The Morgan fingerprint density at radius 1 is 0.938 bits per heavy atom. The van der Waals surface area contributed by atoms with Crippen LogP contribution in [-0.2, 0) is 17.9 Å². The van der Waals surface area contributed by atoms with E-state index in [-0.39, 0.29) is 29.4 Å². The fourth-order valence-corrected chi connectivity index (χ4v) is 3.65. The van der Waals surface area contributed by atoms with Gasteiger partial charge in [-0.05, 0) is 35.9 Å². The normalized spacial score (nSPS) is 13.6. The van der Waals surface area contributed by atoms with Crippen molar-refractivity contribution in [3.8, 4) is 17.2 Å². The van der Waals surface area contributed by atoms with Crippen LogP contribution in [0.5, 0.6) is 17.2 Å². The van der Waals surface area contributed by atoms with Gasteiger partial charge in [-0.2, -0.15) is 0 Å². The predicted molar refractivity (Wildman–Crippen MR) is 115 cm³/mol. The van der Waals surface area contributed by atoms with Crippen molar-refractivity contribution < 1.29 is 45.3 Å². The van der Waals surface area contributed by atoms with Crippen molar-refractivity contribution in [2.75, 3.05) is 21.3 Å². The highest BCUT2D eigenvalue weighted by Gasteiger charge is 2.28. The van der Waals surface area contributed by atoms with Gasteiger partial charge in [-0.3, -0.25) is 4.79 Å². The van der Waals surface area contributed by atoms with Crippen LogP contribution in [0.15, 0.2) is 66.7 Å². The average molecular weight is 498 g/mol. The van der Waals surface area contributed by atoms with Crippen LogP contribution < -0.4 is 35.8 Å². The van der Waals surface area contributed by atoms with Gasteiger partial charge in [0.15, 0.2) is 36.2 Å². The van der Waals surface area contributed by atoms with Gasteiger partial charge in [0, 0.05) is 23.3 Å². The molecular formula is C25H24BrNO5. The first-order valence-electron chi connectivity index (χ1n) is 9.88. The lowest BCUT2D eigenvalue weighted by molar-refractivity contribution is -0.688. The summed E-state index contributed by atoms with van der Waals surface area (Å²) in [6, 6.07) is 15.3. The third kappa shape index (κ3) is 4.62. The van der Waals surface area contributed by atoms with Crippen LogP contribution in [0.1, 0.15) is 27.0 Å². The van der Waals surface area contributed by atoms with Gasteiger partial charge in [0.25, 0.3) is 0 Å². The molecule has 32 heavy (non-hydrogen) atoms. The summed E-state index contributed by atoms with van der Waals surface area (Å²) in [5, 5.41) is 0. The monoisotopic (exact) mass is 497 g/mol. The highest BCUT2D eigenvalue weighted by molar-refractivity contribution is 6.12. The first-order valence-corrected chi connectivity index (χ1v) is 9.88. The second-order valence-electron chi connectivity index (χ2n) is 7.07. The minimum Gasteiger partial charge on any atom is -1.00 e. The third-order valence-electron chi connectivity index (χ3n) is 5.25. The zero-order chi connectivity index (χ0) is 21.8. The summed E-state index contributed by atoms with van der Waals surface area (Å²) in [5.74, 6) is 2.10. The summed E-state index contributed by atoms with van der Waals surface area (Å²) < 4.78 is 24.0. The van der Waals surface area contributed by atoms with Crippen LogP contribution in [0, 0.1) is 0 Å². The predicted octanol–water partition coefficient (Wildman–Crippen LogP) is 0.806. The van der Waals surface area contributed by atoms with Crippen LogP contribution in [-0.4, -0.2) is 27.1 Å². The van der Waals surface area contributed by atoms with Crippen molar-refractivity contribution >= 4 is 11.9 Å². The number of benzene rings is 2. The topological polar surface area (TPSA) is 57.9 Å². The number of fused-ring (bicyclic) bond motifs is 1. The third-order valence-corrected chi connectivity index (χ3v) is 5.25. The second kappa shape index (κ2) is 10.3. The number of halogens is 1. The minimum absolute atomic E-state index is 0. The molecule has 0 spiro atoms. The van der Waals surface area contributed by atoms with E-state index < -0.39 is 0 Å². The molecule has 7 heteroatoms. The van der Waals surface area contributed by atoms with E-state index in [9.17, 15) is 4.79 Å². The Hall–Kier alpha value is -3.32. The Kier molecular flexibility index (Phi) is 7.53. The molecule has 6 nitrogen and oxygen atoms in total. The lowest BCUT2D eigenvalue weighted by atomic mass is 9.98. The van der Waals surface area contributed by atoms with E-state index in [0.717, 1.165) is 16.9 Å². The molecule has 1 aliphatic heterocycles. The number of carbonyl (C=O) groups excluding carboxylic acids is 1. The van der Waals surface area contributed by atoms with Crippen LogP contribution in [0.2, 0.25) is 0 Å². The quantitative estimate of drug-likeness (QED) is 0.372. The number of ether oxygens (including phenoxy) is 4. The number of Topliss-reactive ketones (excluding diaryl/α,β-unsaturated/α-hetero) is 1. The molecule has 0 fully saturated rings. The Morgan fingerprint density at radius 2 is 1.66 bits per heavy atom. The maximum Gasteiger partial charge on any atom is 0.228 e. The molecule has 0 saturated carbocycles. The first kappa shape index (κ1) is 23.3. The Labute approximate surface area is 197 Å². The largest absolute Gasteiger partial charge is 1.00 e. The van der Waals surface area contributed by atoms with Crippen LogP contribution >= 0.6 is 0 Å². The van der Waals surface area contributed by atoms with Crippen LogP contribution in [0.4, 0.5) is 0 Å². The first-order chi connectivity index (χ1) is 15.1. The molecule has 0 atom stereocenters. The number of hydrogen-bond acceptors (Lipinski definition) is 5. The molecule has 0 amide bonds. The maximum absolute atomic E-state index is 13.0. The number of aromatic nitrogens is 1. The van der Waals surface area contributed by atoms with Crippen molar-refractivity contribution in [1.82, 2.24) is 0 Å². The number of ketones is 1. The van der Waals surface area contributed by atoms with E-state index in [2.05, 4.69) is 4.57 Å². The van der Waals surface area contributed by atoms with E-state index in [1.54, 1.807) is 39.5 Å². The Balaban J connectivity index is 0.00000289. The molecule has 0 radical (unpaired) electrons. The number of nitrogens with zero attached hydrogens (tertiary/aromatic N) is 1. The summed E-state index contributed by atoms with van der Waals surface area (Å²) in [7, 11) is 4.79. The standard InChI is InChI=1S/C25H24NO5.BrH/c1-28-21-7-5-4-6-18(21)15-26-12-10-17(11-13-26)14-23-24(27)19-8-9-22(29-2)25(30-3)20(19)16-31-23;/h4-14H,15-16H2,1-3H3;1H/q+1;/p-1/b23-14-;. The Bertz CT molecular complexity index is 1140. The van der Waals surface area contributed by atoms with Gasteiger partial charge in [-0.15, -0.1) is 0 Å². The molecule has 1 aliphatic rings. The van der Waals surface area contributed by atoms with Crippen molar-refractivity contribution in [3.63, 3.8) is 0 Å². The summed E-state index contributed by atoms with van der Waals surface area (Å²) >= 11 is 0. The van der Waals surface area contributed by atoms with Crippen molar-refractivity contribution in [2.45, 2.75) is 13.2 Å². The van der Waals surface area contributed by atoms with Gasteiger partial charge >= 0.3 is 0 Å². The zero-order valence-corrected chi connectivity index (χ0v) is 19.7. The molecule has 0 unspecified atom stereocenters. The number of allylic oxidation sites excluding steroid dienone is 1. The van der Waals surface area contributed by atoms with E-state index >= 15 is 0 Å². The highest BCUT2D eigenvalue weighted by Crippen LogP contribution is 2.37. The number of pyridine rings is 1. The van der Waals surface area contributed by atoms with Crippen LogP contribution in [0.3, 0.4) is 0 Å². The number of methoxy groups -OCH3 is 3. The number of hydrogen-bond donors (Lipinski definition) is 0. The Morgan fingerprint density at radius 3 is 2.34 bits per heavy atom. The summed E-state index contributed by atoms with van der Waals surface area (Å²) in [6.45, 7) is 0.930. The van der Waals surface area contributed by atoms with Gasteiger partial charge in [0.05, 0.1) is 26.9 Å². The molecule has 2 aromatic carbocycles. The van der Waals surface area contributed by atoms with Gasteiger partial charge < -0.3 is 35.9 Å². The van der Waals surface area contributed by atoms with Crippen molar-refractivity contribution in [2.24, 2.45) is 0 Å².